The van der Waals surface area contributed by atoms with Crippen molar-refractivity contribution < 1.29 is 8.42 Å². The second-order valence-electron chi connectivity index (χ2n) is 6.06. The molecule has 1 aliphatic carbocycles. The Labute approximate surface area is 128 Å². The second kappa shape index (κ2) is 6.36. The summed E-state index contributed by atoms with van der Waals surface area (Å²) in [5.74, 6) is 0.408. The lowest BCUT2D eigenvalue weighted by molar-refractivity contribution is 0.213. The van der Waals surface area contributed by atoms with Crippen LogP contribution in [0.25, 0.3) is 0 Å². The summed E-state index contributed by atoms with van der Waals surface area (Å²) in [5.41, 5.74) is 7.50. The third kappa shape index (κ3) is 3.24. The summed E-state index contributed by atoms with van der Waals surface area (Å²) in [6.45, 7) is 4.15. The summed E-state index contributed by atoms with van der Waals surface area (Å²) < 4.78 is 27.2. The summed E-state index contributed by atoms with van der Waals surface area (Å²) in [6.07, 6.45) is 5.15. The molecular formula is C16H26N2O2S. The first-order chi connectivity index (χ1) is 9.87. The van der Waals surface area contributed by atoms with E-state index < -0.39 is 10.0 Å². The molecule has 0 heterocycles. The van der Waals surface area contributed by atoms with Crippen molar-refractivity contribution in [1.29, 1.82) is 0 Å². The van der Waals surface area contributed by atoms with Gasteiger partial charge in [0.05, 0.1) is 4.90 Å². The number of nitrogens with two attached hydrogens (primary N) is 1. The molecule has 1 saturated carbocycles. The Bertz CT molecular complexity index is 598. The highest BCUT2D eigenvalue weighted by atomic mass is 32.2. The first-order valence-corrected chi connectivity index (χ1v) is 9.18. The quantitative estimate of drug-likeness (QED) is 0.869. The number of nitrogens with zero attached hydrogens (tertiary/aromatic N) is 1. The number of sulfonamides is 1. The zero-order valence-corrected chi connectivity index (χ0v) is 14.0. The molecule has 2 N–H and O–H groups in total. The molecule has 0 aromatic heterocycles. The van der Waals surface area contributed by atoms with Crippen LogP contribution in [0.15, 0.2) is 23.1 Å². The van der Waals surface area contributed by atoms with Gasteiger partial charge >= 0.3 is 0 Å². The third-order valence-corrected chi connectivity index (χ3v) is 6.59. The molecule has 0 radical (unpaired) electrons. The van der Waals surface area contributed by atoms with Crippen molar-refractivity contribution in [3.8, 4) is 0 Å². The Morgan fingerprint density at radius 2 is 1.95 bits per heavy atom. The zero-order valence-electron chi connectivity index (χ0n) is 13.2. The van der Waals surface area contributed by atoms with Gasteiger partial charge in [0.2, 0.25) is 10.0 Å². The molecule has 1 fully saturated rings. The summed E-state index contributed by atoms with van der Waals surface area (Å²) >= 11 is 0. The highest BCUT2D eigenvalue weighted by Crippen LogP contribution is 2.31. The molecule has 2 rings (SSSR count). The molecular weight excluding hydrogens is 284 g/mol. The van der Waals surface area contributed by atoms with Crippen LogP contribution in [0.4, 0.5) is 5.69 Å². The third-order valence-electron chi connectivity index (χ3n) is 4.71. The number of aryl methyl sites for hydroxylation is 1. The monoisotopic (exact) mass is 310 g/mol. The maximum Gasteiger partial charge on any atom is 0.243 e. The van der Waals surface area contributed by atoms with Gasteiger partial charge in [-0.15, -0.1) is 0 Å². The second-order valence-corrected chi connectivity index (χ2v) is 8.06. The highest BCUT2D eigenvalue weighted by molar-refractivity contribution is 7.89. The van der Waals surface area contributed by atoms with Crippen molar-refractivity contribution in [3.05, 3.63) is 23.8 Å². The topological polar surface area (TPSA) is 63.4 Å². The Hall–Kier alpha value is -1.07. The summed E-state index contributed by atoms with van der Waals surface area (Å²) in [7, 11) is -1.77. The predicted molar refractivity (Wildman–Crippen MR) is 86.6 cm³/mol. The Morgan fingerprint density at radius 3 is 2.52 bits per heavy atom. The van der Waals surface area contributed by atoms with Gasteiger partial charge in [-0.3, -0.25) is 0 Å². The molecule has 118 valence electrons. The fourth-order valence-corrected chi connectivity index (χ4v) is 4.75. The predicted octanol–water partition coefficient (Wildman–Crippen LogP) is 3.03. The van der Waals surface area contributed by atoms with E-state index in [1.165, 1.54) is 6.42 Å². The molecule has 2 atom stereocenters. The number of rotatable bonds is 4. The molecule has 21 heavy (non-hydrogen) atoms. The van der Waals surface area contributed by atoms with E-state index in [4.69, 9.17) is 5.73 Å². The van der Waals surface area contributed by atoms with E-state index in [1.807, 2.05) is 13.0 Å². The minimum absolute atomic E-state index is 0.0934. The van der Waals surface area contributed by atoms with Crippen LogP contribution in [0, 0.1) is 5.92 Å². The normalized spacial score (nSPS) is 23.4. The first-order valence-electron chi connectivity index (χ1n) is 7.74. The van der Waals surface area contributed by atoms with Crippen LogP contribution < -0.4 is 5.73 Å². The van der Waals surface area contributed by atoms with Crippen molar-refractivity contribution >= 4 is 15.7 Å². The van der Waals surface area contributed by atoms with E-state index in [0.717, 1.165) is 31.2 Å². The van der Waals surface area contributed by atoms with Gasteiger partial charge in [0.25, 0.3) is 0 Å². The van der Waals surface area contributed by atoms with Crippen LogP contribution in [0.1, 0.15) is 45.1 Å². The van der Waals surface area contributed by atoms with E-state index in [-0.39, 0.29) is 6.04 Å². The van der Waals surface area contributed by atoms with Gasteiger partial charge in [-0.25, -0.2) is 8.42 Å². The fourth-order valence-electron chi connectivity index (χ4n) is 3.24. The SMILES string of the molecule is CCc1ccc(S(=O)(=O)N(C)C2CCCCC2C)cc1N. The number of anilines is 1. The Morgan fingerprint density at radius 1 is 1.29 bits per heavy atom. The molecule has 0 saturated heterocycles. The van der Waals surface area contributed by atoms with E-state index in [2.05, 4.69) is 6.92 Å². The molecule has 0 amide bonds. The molecule has 1 aromatic carbocycles. The number of hydrogen-bond donors (Lipinski definition) is 1. The smallest absolute Gasteiger partial charge is 0.243 e. The number of benzene rings is 1. The van der Waals surface area contributed by atoms with Crippen LogP contribution in [0.2, 0.25) is 0 Å². The van der Waals surface area contributed by atoms with Crippen molar-refractivity contribution in [2.24, 2.45) is 5.92 Å². The van der Waals surface area contributed by atoms with Crippen molar-refractivity contribution in [2.75, 3.05) is 12.8 Å². The summed E-state index contributed by atoms with van der Waals surface area (Å²) in [6, 6.07) is 5.18. The maximum atomic E-state index is 12.8. The number of nitrogen functional groups attached to an aromatic ring is 1. The molecule has 5 heteroatoms. The molecule has 1 aromatic rings. The van der Waals surface area contributed by atoms with E-state index in [1.54, 1.807) is 23.5 Å². The average Bonchev–Trinajstić information content (AvgIpc) is 2.47. The summed E-state index contributed by atoms with van der Waals surface area (Å²) in [4.78, 5) is 0.303. The van der Waals surface area contributed by atoms with Gasteiger partial charge in [-0.05, 0) is 42.9 Å². The minimum Gasteiger partial charge on any atom is -0.398 e. The average molecular weight is 310 g/mol. The van der Waals surface area contributed by atoms with Crippen molar-refractivity contribution in [2.45, 2.75) is 56.9 Å². The Kier molecular flexibility index (Phi) is 4.94. The van der Waals surface area contributed by atoms with Crippen LogP contribution >= 0.6 is 0 Å². The Balaban J connectivity index is 2.30. The first kappa shape index (κ1) is 16.3. The van der Waals surface area contributed by atoms with E-state index >= 15 is 0 Å². The van der Waals surface area contributed by atoms with E-state index in [0.29, 0.717) is 16.5 Å². The minimum atomic E-state index is -3.47. The van der Waals surface area contributed by atoms with Crippen LogP contribution in [0.3, 0.4) is 0 Å². The fraction of sp³-hybridized carbons (Fsp3) is 0.625. The molecule has 1 aliphatic rings. The van der Waals surface area contributed by atoms with Gasteiger partial charge in [0.1, 0.15) is 0 Å². The molecule has 0 spiro atoms. The van der Waals surface area contributed by atoms with Crippen molar-refractivity contribution in [3.63, 3.8) is 0 Å². The van der Waals surface area contributed by atoms with Gasteiger partial charge in [0.15, 0.2) is 0 Å². The largest absolute Gasteiger partial charge is 0.398 e. The van der Waals surface area contributed by atoms with Crippen molar-refractivity contribution in [1.82, 2.24) is 4.31 Å². The standard InChI is InChI=1S/C16H26N2O2S/c1-4-13-9-10-14(11-15(13)17)21(19,20)18(3)16-8-6-5-7-12(16)2/h9-12,16H,4-8,17H2,1-3H3. The molecule has 0 bridgehead atoms. The molecule has 4 nitrogen and oxygen atoms in total. The maximum absolute atomic E-state index is 12.8. The lowest BCUT2D eigenvalue weighted by Crippen LogP contribution is -2.42. The highest BCUT2D eigenvalue weighted by Gasteiger charge is 2.33. The van der Waals surface area contributed by atoms with Gasteiger partial charge in [0, 0.05) is 18.8 Å². The van der Waals surface area contributed by atoms with Crippen LogP contribution in [-0.2, 0) is 16.4 Å². The van der Waals surface area contributed by atoms with Gasteiger partial charge < -0.3 is 5.73 Å². The van der Waals surface area contributed by atoms with Crippen LogP contribution in [0.5, 0.6) is 0 Å². The zero-order chi connectivity index (χ0) is 15.6. The lowest BCUT2D eigenvalue weighted by atomic mass is 9.86. The summed E-state index contributed by atoms with van der Waals surface area (Å²) in [5, 5.41) is 0. The molecule has 0 aliphatic heterocycles. The van der Waals surface area contributed by atoms with Crippen LogP contribution in [-0.4, -0.2) is 25.8 Å². The molecule has 2 unspecified atom stereocenters. The number of hydrogen-bond acceptors (Lipinski definition) is 3. The lowest BCUT2D eigenvalue weighted by Gasteiger charge is -2.35. The van der Waals surface area contributed by atoms with E-state index in [9.17, 15) is 8.42 Å². The van der Waals surface area contributed by atoms with Gasteiger partial charge in [-0.2, -0.15) is 4.31 Å². The van der Waals surface area contributed by atoms with Gasteiger partial charge in [-0.1, -0.05) is 32.8 Å².